The molecule has 0 aromatic rings. The molecular formula is C27H56N2O7P+. The molecule has 1 amide bonds. The van der Waals surface area contributed by atoms with Gasteiger partial charge in [0.25, 0.3) is 0 Å². The Labute approximate surface area is 226 Å². The van der Waals surface area contributed by atoms with Crippen LogP contribution in [-0.4, -0.2) is 75.3 Å². The molecule has 0 aliphatic heterocycles. The molecule has 10 heteroatoms. The van der Waals surface area contributed by atoms with Crippen LogP contribution in [0.15, 0.2) is 0 Å². The Bertz CT molecular complexity index is 641. The minimum absolute atomic E-state index is 0.0196. The predicted octanol–water partition coefficient (Wildman–Crippen LogP) is 5.75. The number of hydrogen-bond donors (Lipinski definition) is 2. The molecule has 0 bridgehead atoms. The van der Waals surface area contributed by atoms with Crippen molar-refractivity contribution in [3.05, 3.63) is 0 Å². The van der Waals surface area contributed by atoms with Crippen LogP contribution in [-0.2, 0) is 27.9 Å². The van der Waals surface area contributed by atoms with Crippen molar-refractivity contribution in [3.8, 4) is 0 Å². The number of unbranched alkanes of at least 4 members (excludes halogenated alkanes) is 14. The molecule has 0 aliphatic carbocycles. The predicted molar refractivity (Wildman–Crippen MR) is 148 cm³/mol. The van der Waals surface area contributed by atoms with Crippen molar-refractivity contribution >= 4 is 19.7 Å². The van der Waals surface area contributed by atoms with Gasteiger partial charge in [0.15, 0.2) is 6.04 Å². The van der Waals surface area contributed by atoms with Gasteiger partial charge >= 0.3 is 13.8 Å². The quantitative estimate of drug-likeness (QED) is 0.0644. The Balaban J connectivity index is 3.94. The topological polar surface area (TPSA) is 111 Å². The summed E-state index contributed by atoms with van der Waals surface area (Å²) in [6.07, 6.45) is 19.0. The number of amides is 1. The van der Waals surface area contributed by atoms with E-state index in [9.17, 15) is 19.0 Å². The average molecular weight is 552 g/mol. The highest BCUT2D eigenvalue weighted by Gasteiger charge is 2.28. The highest BCUT2D eigenvalue weighted by atomic mass is 31.2. The summed E-state index contributed by atoms with van der Waals surface area (Å²) in [5.41, 5.74) is 0. The third-order valence-corrected chi connectivity index (χ3v) is 7.23. The largest absolute Gasteiger partial charge is 0.472 e. The molecule has 0 aliphatic rings. The van der Waals surface area contributed by atoms with E-state index in [1.54, 1.807) is 0 Å². The van der Waals surface area contributed by atoms with Crippen molar-refractivity contribution in [1.82, 2.24) is 5.32 Å². The molecule has 0 aromatic heterocycles. The van der Waals surface area contributed by atoms with Gasteiger partial charge in [0.2, 0.25) is 5.91 Å². The fourth-order valence-electron chi connectivity index (χ4n) is 3.87. The van der Waals surface area contributed by atoms with Gasteiger partial charge in [0, 0.05) is 6.42 Å². The third-order valence-electron chi connectivity index (χ3n) is 6.25. The zero-order chi connectivity index (χ0) is 28.0. The van der Waals surface area contributed by atoms with E-state index in [4.69, 9.17) is 9.05 Å². The fourth-order valence-corrected chi connectivity index (χ4v) is 4.59. The standard InChI is InChI=1S/C27H55N2O7P/c1-6-7-8-9-10-11-12-13-14-15-16-17-18-19-20-21-26(30)28-25(27(31)34-5)24-36-37(32,33)35-23-22-29(2,3)4/h25H,6-24H2,1-5H3,(H-,28,30,32,33)/p+1/t25-/m1/s1. The van der Waals surface area contributed by atoms with Gasteiger partial charge in [-0.15, -0.1) is 0 Å². The van der Waals surface area contributed by atoms with E-state index in [2.05, 4.69) is 17.0 Å². The lowest BCUT2D eigenvalue weighted by Crippen LogP contribution is -2.44. The molecule has 2 atom stereocenters. The van der Waals surface area contributed by atoms with Crippen LogP contribution in [0.2, 0.25) is 0 Å². The average Bonchev–Trinajstić information content (AvgIpc) is 2.82. The monoisotopic (exact) mass is 551 g/mol. The zero-order valence-corrected chi connectivity index (χ0v) is 25.2. The molecule has 220 valence electrons. The van der Waals surface area contributed by atoms with Gasteiger partial charge in [0.05, 0.1) is 34.9 Å². The minimum atomic E-state index is -4.35. The smallest absolute Gasteiger partial charge is 0.467 e. The number of phosphoric acid groups is 1. The molecule has 0 saturated carbocycles. The number of phosphoric ester groups is 1. The normalized spacial score (nSPS) is 14.2. The van der Waals surface area contributed by atoms with Gasteiger partial charge in [-0.05, 0) is 6.42 Å². The number of rotatable bonds is 25. The second-order valence-electron chi connectivity index (χ2n) is 11.0. The van der Waals surface area contributed by atoms with Crippen LogP contribution in [0, 0.1) is 0 Å². The minimum Gasteiger partial charge on any atom is -0.467 e. The summed E-state index contributed by atoms with van der Waals surface area (Å²) in [7, 11) is 2.61. The molecule has 0 fully saturated rings. The second-order valence-corrected chi connectivity index (χ2v) is 12.4. The van der Waals surface area contributed by atoms with Gasteiger partial charge in [-0.25, -0.2) is 9.36 Å². The molecule has 37 heavy (non-hydrogen) atoms. The lowest BCUT2D eigenvalue weighted by atomic mass is 10.0. The maximum atomic E-state index is 12.3. The molecule has 0 radical (unpaired) electrons. The Morgan fingerprint density at radius 1 is 0.811 bits per heavy atom. The molecular weight excluding hydrogens is 495 g/mol. The van der Waals surface area contributed by atoms with Crippen LogP contribution in [0.3, 0.4) is 0 Å². The number of quaternary nitrogens is 1. The summed E-state index contributed by atoms with van der Waals surface area (Å²) < 4.78 is 27.2. The van der Waals surface area contributed by atoms with E-state index in [1.165, 1.54) is 84.2 Å². The molecule has 1 unspecified atom stereocenters. The van der Waals surface area contributed by atoms with E-state index in [1.807, 2.05) is 21.1 Å². The summed E-state index contributed by atoms with van der Waals surface area (Å²) in [6.45, 7) is 2.27. The lowest BCUT2D eigenvalue weighted by Gasteiger charge is -2.24. The highest BCUT2D eigenvalue weighted by Crippen LogP contribution is 2.43. The number of likely N-dealkylation sites (N-methyl/N-ethyl adjacent to an activating group) is 1. The van der Waals surface area contributed by atoms with Crippen molar-refractivity contribution in [2.24, 2.45) is 0 Å². The van der Waals surface area contributed by atoms with Gasteiger partial charge in [-0.2, -0.15) is 0 Å². The number of ether oxygens (including phenoxy) is 1. The molecule has 0 heterocycles. The zero-order valence-electron chi connectivity index (χ0n) is 24.3. The SMILES string of the molecule is CCCCCCCCCCCCCCCCCC(=O)N[C@H](COP(=O)(O)OCC[N+](C)(C)C)C(=O)OC. The Morgan fingerprint density at radius 2 is 1.27 bits per heavy atom. The highest BCUT2D eigenvalue weighted by molar-refractivity contribution is 7.47. The van der Waals surface area contributed by atoms with E-state index in [0.29, 0.717) is 11.0 Å². The molecule has 9 nitrogen and oxygen atoms in total. The second kappa shape index (κ2) is 21.9. The third kappa shape index (κ3) is 23.8. The summed E-state index contributed by atoms with van der Waals surface area (Å²) in [6, 6.07) is -1.17. The van der Waals surface area contributed by atoms with E-state index < -0.39 is 26.4 Å². The van der Waals surface area contributed by atoms with Crippen molar-refractivity contribution < 1.29 is 37.3 Å². The Kier molecular flexibility index (Phi) is 21.3. The number of nitrogens with zero attached hydrogens (tertiary/aromatic N) is 1. The first-order valence-corrected chi connectivity index (χ1v) is 15.8. The number of methoxy groups -OCH3 is 1. The number of carbonyl (C=O) groups is 2. The molecule has 0 aromatic carbocycles. The van der Waals surface area contributed by atoms with Crippen molar-refractivity contribution in [2.45, 2.75) is 116 Å². The first-order valence-electron chi connectivity index (χ1n) is 14.3. The van der Waals surface area contributed by atoms with Gasteiger partial charge < -0.3 is 19.4 Å². The van der Waals surface area contributed by atoms with Crippen LogP contribution in [0.25, 0.3) is 0 Å². The van der Waals surface area contributed by atoms with Crippen molar-refractivity contribution in [3.63, 3.8) is 0 Å². The first kappa shape index (κ1) is 36.0. The van der Waals surface area contributed by atoms with E-state index in [0.717, 1.165) is 19.3 Å². The van der Waals surface area contributed by atoms with Crippen LogP contribution in [0.4, 0.5) is 0 Å². The van der Waals surface area contributed by atoms with Crippen LogP contribution >= 0.6 is 7.82 Å². The van der Waals surface area contributed by atoms with Crippen molar-refractivity contribution in [1.29, 1.82) is 0 Å². The maximum Gasteiger partial charge on any atom is 0.472 e. The van der Waals surface area contributed by atoms with Gasteiger partial charge in [-0.1, -0.05) is 96.8 Å². The van der Waals surface area contributed by atoms with Crippen LogP contribution in [0.1, 0.15) is 110 Å². The Hall–Kier alpha value is -0.990. The van der Waals surface area contributed by atoms with Gasteiger partial charge in [-0.3, -0.25) is 13.8 Å². The molecule has 2 N–H and O–H groups in total. The molecule has 0 rings (SSSR count). The van der Waals surface area contributed by atoms with Gasteiger partial charge in [0.1, 0.15) is 13.2 Å². The number of nitrogens with one attached hydrogen (secondary N) is 1. The van der Waals surface area contributed by atoms with Crippen LogP contribution < -0.4 is 5.32 Å². The fraction of sp³-hybridized carbons (Fsp3) is 0.926. The lowest BCUT2D eigenvalue weighted by molar-refractivity contribution is -0.870. The molecule has 0 saturated heterocycles. The summed E-state index contributed by atoms with van der Waals surface area (Å²) >= 11 is 0. The Morgan fingerprint density at radius 3 is 1.70 bits per heavy atom. The summed E-state index contributed by atoms with van der Waals surface area (Å²) in [4.78, 5) is 34.1. The molecule has 0 spiro atoms. The summed E-state index contributed by atoms with van der Waals surface area (Å²) in [5.74, 6) is -1.05. The number of hydrogen-bond acceptors (Lipinski definition) is 6. The van der Waals surface area contributed by atoms with Crippen LogP contribution in [0.5, 0.6) is 0 Å². The number of esters is 1. The van der Waals surface area contributed by atoms with E-state index in [-0.39, 0.29) is 18.9 Å². The summed E-state index contributed by atoms with van der Waals surface area (Å²) in [5, 5.41) is 2.54. The van der Waals surface area contributed by atoms with Crippen molar-refractivity contribution in [2.75, 3.05) is 48.0 Å². The first-order chi connectivity index (χ1) is 17.5. The number of carbonyl (C=O) groups excluding carboxylic acids is 2. The maximum absolute atomic E-state index is 12.3. The van der Waals surface area contributed by atoms with E-state index >= 15 is 0 Å².